The SMILES string of the molecule is Cc1ccc(NC(=O)c2sc(C)nc2C)c(C(=O)O)c1. The zero-order valence-electron chi connectivity index (χ0n) is 11.4. The first kappa shape index (κ1) is 14.2. The van der Waals surface area contributed by atoms with Crippen LogP contribution in [-0.2, 0) is 0 Å². The Kier molecular flexibility index (Phi) is 3.85. The second kappa shape index (κ2) is 5.42. The summed E-state index contributed by atoms with van der Waals surface area (Å²) in [4.78, 5) is 28.1. The first-order valence-electron chi connectivity index (χ1n) is 5.98. The molecule has 1 aromatic heterocycles. The lowest BCUT2D eigenvalue weighted by Gasteiger charge is -2.08. The topological polar surface area (TPSA) is 79.3 Å². The van der Waals surface area contributed by atoms with Crippen LogP contribution < -0.4 is 5.32 Å². The van der Waals surface area contributed by atoms with Crippen LogP contribution in [0.15, 0.2) is 18.2 Å². The van der Waals surface area contributed by atoms with Crippen LogP contribution >= 0.6 is 11.3 Å². The smallest absolute Gasteiger partial charge is 0.337 e. The highest BCUT2D eigenvalue weighted by Gasteiger charge is 2.17. The van der Waals surface area contributed by atoms with Crippen molar-refractivity contribution in [1.82, 2.24) is 4.98 Å². The van der Waals surface area contributed by atoms with Crippen molar-refractivity contribution >= 4 is 28.9 Å². The molecule has 0 fully saturated rings. The number of benzene rings is 1. The largest absolute Gasteiger partial charge is 0.478 e. The lowest BCUT2D eigenvalue weighted by molar-refractivity contribution is 0.0698. The number of nitrogens with zero attached hydrogens (tertiary/aromatic N) is 1. The molecule has 0 saturated carbocycles. The first-order chi connectivity index (χ1) is 9.38. The maximum atomic E-state index is 12.2. The van der Waals surface area contributed by atoms with Gasteiger partial charge in [0, 0.05) is 0 Å². The van der Waals surface area contributed by atoms with E-state index in [1.54, 1.807) is 26.0 Å². The van der Waals surface area contributed by atoms with E-state index in [0.717, 1.165) is 10.6 Å². The molecule has 1 aromatic carbocycles. The average Bonchev–Trinajstić information content (AvgIpc) is 2.70. The Bertz CT molecular complexity index is 692. The van der Waals surface area contributed by atoms with Crippen molar-refractivity contribution in [3.05, 3.63) is 44.9 Å². The number of aromatic carboxylic acids is 1. The van der Waals surface area contributed by atoms with E-state index < -0.39 is 5.97 Å². The number of rotatable bonds is 3. The maximum Gasteiger partial charge on any atom is 0.337 e. The molecule has 0 spiro atoms. The Hall–Kier alpha value is -2.21. The Labute approximate surface area is 120 Å². The van der Waals surface area contributed by atoms with Gasteiger partial charge in [-0.15, -0.1) is 11.3 Å². The van der Waals surface area contributed by atoms with Crippen LogP contribution in [0.5, 0.6) is 0 Å². The number of aromatic nitrogens is 1. The minimum atomic E-state index is -1.07. The van der Waals surface area contributed by atoms with Crippen LogP contribution in [0, 0.1) is 20.8 Å². The number of carbonyl (C=O) groups is 2. The van der Waals surface area contributed by atoms with Crippen LogP contribution in [0.2, 0.25) is 0 Å². The molecule has 6 heteroatoms. The van der Waals surface area contributed by atoms with E-state index in [0.29, 0.717) is 16.3 Å². The molecule has 0 aliphatic carbocycles. The van der Waals surface area contributed by atoms with E-state index in [2.05, 4.69) is 10.3 Å². The normalized spacial score (nSPS) is 10.3. The van der Waals surface area contributed by atoms with Crippen molar-refractivity contribution in [2.45, 2.75) is 20.8 Å². The third kappa shape index (κ3) is 2.85. The molecule has 2 aromatic rings. The highest BCUT2D eigenvalue weighted by Crippen LogP contribution is 2.22. The minimum absolute atomic E-state index is 0.0808. The second-order valence-electron chi connectivity index (χ2n) is 4.46. The number of carboxylic acid groups (broad SMARTS) is 1. The van der Waals surface area contributed by atoms with E-state index in [1.807, 2.05) is 6.92 Å². The number of thiazole rings is 1. The number of hydrogen-bond acceptors (Lipinski definition) is 4. The number of hydrogen-bond donors (Lipinski definition) is 2. The molecule has 1 amide bonds. The highest BCUT2D eigenvalue weighted by atomic mass is 32.1. The summed E-state index contributed by atoms with van der Waals surface area (Å²) in [5, 5.41) is 12.6. The maximum absolute atomic E-state index is 12.2. The number of aryl methyl sites for hydroxylation is 3. The number of carboxylic acids is 1. The van der Waals surface area contributed by atoms with Gasteiger partial charge in [0.1, 0.15) is 4.88 Å². The van der Waals surface area contributed by atoms with Crippen LogP contribution in [0.25, 0.3) is 0 Å². The molecule has 0 aliphatic rings. The summed E-state index contributed by atoms with van der Waals surface area (Å²) in [6.45, 7) is 5.38. The van der Waals surface area contributed by atoms with Crippen molar-refractivity contribution in [3.63, 3.8) is 0 Å². The Morgan fingerprint density at radius 2 is 1.95 bits per heavy atom. The molecule has 2 rings (SSSR count). The zero-order valence-corrected chi connectivity index (χ0v) is 12.2. The van der Waals surface area contributed by atoms with Gasteiger partial charge in [0.2, 0.25) is 0 Å². The van der Waals surface area contributed by atoms with Crippen molar-refractivity contribution < 1.29 is 14.7 Å². The fourth-order valence-corrected chi connectivity index (χ4v) is 2.68. The van der Waals surface area contributed by atoms with Gasteiger partial charge >= 0.3 is 5.97 Å². The van der Waals surface area contributed by atoms with Gasteiger partial charge in [0.15, 0.2) is 0 Å². The van der Waals surface area contributed by atoms with Crippen LogP contribution in [0.3, 0.4) is 0 Å². The van der Waals surface area contributed by atoms with Gasteiger partial charge in [-0.3, -0.25) is 4.79 Å². The van der Waals surface area contributed by atoms with Gasteiger partial charge in [-0.25, -0.2) is 9.78 Å². The van der Waals surface area contributed by atoms with Crippen molar-refractivity contribution in [1.29, 1.82) is 0 Å². The third-order valence-electron chi connectivity index (χ3n) is 2.76. The van der Waals surface area contributed by atoms with E-state index in [9.17, 15) is 14.7 Å². The molecule has 0 bridgehead atoms. The Morgan fingerprint density at radius 3 is 2.50 bits per heavy atom. The molecule has 104 valence electrons. The molecular formula is C14H14N2O3S. The number of nitrogens with one attached hydrogen (secondary N) is 1. The van der Waals surface area contributed by atoms with Gasteiger partial charge in [-0.1, -0.05) is 11.6 Å². The van der Waals surface area contributed by atoms with Crippen LogP contribution in [0.4, 0.5) is 5.69 Å². The van der Waals surface area contributed by atoms with E-state index in [-0.39, 0.29) is 11.5 Å². The van der Waals surface area contributed by atoms with Crippen molar-refractivity contribution in [3.8, 4) is 0 Å². The van der Waals surface area contributed by atoms with Crippen molar-refractivity contribution in [2.24, 2.45) is 0 Å². The fourth-order valence-electron chi connectivity index (χ4n) is 1.87. The monoisotopic (exact) mass is 290 g/mol. The van der Waals surface area contributed by atoms with Gasteiger partial charge < -0.3 is 10.4 Å². The van der Waals surface area contributed by atoms with E-state index in [4.69, 9.17) is 0 Å². The van der Waals surface area contributed by atoms with E-state index in [1.165, 1.54) is 17.4 Å². The Morgan fingerprint density at radius 1 is 1.25 bits per heavy atom. The number of amides is 1. The van der Waals surface area contributed by atoms with Gasteiger partial charge in [0.25, 0.3) is 5.91 Å². The molecule has 1 heterocycles. The van der Waals surface area contributed by atoms with Crippen molar-refractivity contribution in [2.75, 3.05) is 5.32 Å². The molecule has 0 unspecified atom stereocenters. The number of carbonyl (C=O) groups excluding carboxylic acids is 1. The Balaban J connectivity index is 2.33. The first-order valence-corrected chi connectivity index (χ1v) is 6.79. The summed E-state index contributed by atoms with van der Waals surface area (Å²) in [6.07, 6.45) is 0. The predicted octanol–water partition coefficient (Wildman–Crippen LogP) is 3.02. The molecule has 0 atom stereocenters. The summed E-state index contributed by atoms with van der Waals surface area (Å²) in [6, 6.07) is 4.88. The number of anilines is 1. The fraction of sp³-hybridized carbons (Fsp3) is 0.214. The minimum Gasteiger partial charge on any atom is -0.478 e. The third-order valence-corrected chi connectivity index (χ3v) is 3.84. The predicted molar refractivity (Wildman–Crippen MR) is 77.7 cm³/mol. The standard InChI is InChI=1S/C14H14N2O3S/c1-7-4-5-11(10(6-7)14(18)19)16-13(17)12-8(2)15-9(3)20-12/h4-6H,1-3H3,(H,16,17)(H,18,19). The average molecular weight is 290 g/mol. The lowest BCUT2D eigenvalue weighted by Crippen LogP contribution is -2.14. The lowest BCUT2D eigenvalue weighted by atomic mass is 10.1. The van der Waals surface area contributed by atoms with Crippen LogP contribution in [-0.4, -0.2) is 22.0 Å². The molecule has 0 radical (unpaired) electrons. The van der Waals surface area contributed by atoms with E-state index >= 15 is 0 Å². The molecule has 0 aliphatic heterocycles. The summed E-state index contributed by atoms with van der Waals surface area (Å²) in [5.41, 5.74) is 1.84. The zero-order chi connectivity index (χ0) is 14.9. The molecule has 5 nitrogen and oxygen atoms in total. The summed E-state index contributed by atoms with van der Waals surface area (Å²) in [7, 11) is 0. The van der Waals surface area contributed by atoms with Gasteiger partial charge in [0.05, 0.1) is 22.0 Å². The molecule has 20 heavy (non-hydrogen) atoms. The second-order valence-corrected chi connectivity index (χ2v) is 5.66. The summed E-state index contributed by atoms with van der Waals surface area (Å²) in [5.74, 6) is -1.40. The van der Waals surface area contributed by atoms with Gasteiger partial charge in [-0.05, 0) is 32.9 Å². The molecule has 0 saturated heterocycles. The van der Waals surface area contributed by atoms with Crippen LogP contribution in [0.1, 0.15) is 36.3 Å². The molecular weight excluding hydrogens is 276 g/mol. The van der Waals surface area contributed by atoms with Gasteiger partial charge in [-0.2, -0.15) is 0 Å². The molecule has 2 N–H and O–H groups in total. The highest BCUT2D eigenvalue weighted by molar-refractivity contribution is 7.13. The summed E-state index contributed by atoms with van der Waals surface area (Å²) >= 11 is 1.29. The quantitative estimate of drug-likeness (QED) is 0.910. The summed E-state index contributed by atoms with van der Waals surface area (Å²) < 4.78 is 0.